The molecule has 6 heteroatoms. The maximum atomic E-state index is 11.7. The quantitative estimate of drug-likeness (QED) is 0.808. The van der Waals surface area contributed by atoms with E-state index in [4.69, 9.17) is 5.73 Å². The monoisotopic (exact) mass is 269 g/mol. The minimum Gasteiger partial charge on any atom is -0.397 e. The van der Waals surface area contributed by atoms with Crippen molar-refractivity contribution in [2.45, 2.75) is 30.7 Å². The highest BCUT2D eigenvalue weighted by Gasteiger charge is 2.23. The van der Waals surface area contributed by atoms with Gasteiger partial charge in [-0.3, -0.25) is 0 Å². The lowest BCUT2D eigenvalue weighted by atomic mass is 10.2. The number of hydrogen-bond acceptors (Lipinski definition) is 4. The van der Waals surface area contributed by atoms with Gasteiger partial charge in [0.15, 0.2) is 0 Å². The Morgan fingerprint density at radius 3 is 2.67 bits per heavy atom. The zero-order valence-electron chi connectivity index (χ0n) is 10.7. The van der Waals surface area contributed by atoms with E-state index in [1.807, 2.05) is 0 Å². The molecule has 0 aromatic heterocycles. The van der Waals surface area contributed by atoms with E-state index in [9.17, 15) is 8.42 Å². The third-order valence-corrected chi connectivity index (χ3v) is 4.85. The number of rotatable bonds is 3. The van der Waals surface area contributed by atoms with Gasteiger partial charge in [0.25, 0.3) is 0 Å². The number of benzene rings is 1. The zero-order chi connectivity index (χ0) is 13.3. The summed E-state index contributed by atoms with van der Waals surface area (Å²) in [5.41, 5.74) is 7.42. The Bertz CT molecular complexity index is 542. The second-order valence-corrected chi connectivity index (χ2v) is 6.50. The van der Waals surface area contributed by atoms with Crippen LogP contribution >= 0.6 is 0 Å². The summed E-state index contributed by atoms with van der Waals surface area (Å²) in [6.45, 7) is 3.13. The average molecular weight is 269 g/mol. The SMILES string of the molecule is CNS(=O)(=O)c1ccc(N2CCC[C@@H]2C)c(N)c1. The molecule has 1 aromatic carbocycles. The van der Waals surface area contributed by atoms with Gasteiger partial charge >= 0.3 is 0 Å². The number of nitrogens with two attached hydrogens (primary N) is 1. The lowest BCUT2D eigenvalue weighted by molar-refractivity contribution is 0.588. The summed E-state index contributed by atoms with van der Waals surface area (Å²) in [7, 11) is -2.03. The lowest BCUT2D eigenvalue weighted by Gasteiger charge is -2.25. The summed E-state index contributed by atoms with van der Waals surface area (Å²) in [6.07, 6.45) is 2.30. The molecule has 18 heavy (non-hydrogen) atoms. The first-order chi connectivity index (χ1) is 8.45. The van der Waals surface area contributed by atoms with Crippen molar-refractivity contribution < 1.29 is 8.42 Å². The molecule has 1 aliphatic rings. The van der Waals surface area contributed by atoms with Crippen LogP contribution in [0.4, 0.5) is 11.4 Å². The van der Waals surface area contributed by atoms with Crippen molar-refractivity contribution in [1.82, 2.24) is 4.72 Å². The number of sulfonamides is 1. The predicted octanol–water partition coefficient (Wildman–Crippen LogP) is 1.17. The molecule has 0 unspecified atom stereocenters. The standard InChI is InChI=1S/C12H19N3O2S/c1-9-4-3-7-15(9)12-6-5-10(8-11(12)13)18(16,17)14-2/h5-6,8-9,14H,3-4,7,13H2,1-2H3/t9-/m0/s1. The van der Waals surface area contributed by atoms with E-state index in [0.29, 0.717) is 11.7 Å². The van der Waals surface area contributed by atoms with Crippen molar-refractivity contribution >= 4 is 21.4 Å². The van der Waals surface area contributed by atoms with Gasteiger partial charge in [0.1, 0.15) is 0 Å². The normalized spacial score (nSPS) is 20.3. The fraction of sp³-hybridized carbons (Fsp3) is 0.500. The predicted molar refractivity (Wildman–Crippen MR) is 73.1 cm³/mol. The molecule has 1 aromatic rings. The van der Waals surface area contributed by atoms with Gasteiger partial charge < -0.3 is 10.6 Å². The Labute approximate surface area is 108 Å². The van der Waals surface area contributed by atoms with Crippen LogP contribution in [0.2, 0.25) is 0 Å². The molecule has 2 rings (SSSR count). The Hall–Kier alpha value is -1.27. The molecule has 0 spiro atoms. The number of hydrogen-bond donors (Lipinski definition) is 2. The van der Waals surface area contributed by atoms with E-state index in [1.165, 1.54) is 13.1 Å². The molecular weight excluding hydrogens is 250 g/mol. The van der Waals surface area contributed by atoms with Crippen molar-refractivity contribution in [3.63, 3.8) is 0 Å². The molecule has 100 valence electrons. The molecule has 3 N–H and O–H groups in total. The maximum absolute atomic E-state index is 11.7. The van der Waals surface area contributed by atoms with Crippen molar-refractivity contribution in [1.29, 1.82) is 0 Å². The highest BCUT2D eigenvalue weighted by molar-refractivity contribution is 7.89. The first-order valence-corrected chi connectivity index (χ1v) is 7.54. The average Bonchev–Trinajstić information content (AvgIpc) is 2.75. The van der Waals surface area contributed by atoms with Gasteiger partial charge in [0.05, 0.1) is 16.3 Å². The van der Waals surface area contributed by atoms with E-state index in [1.54, 1.807) is 12.1 Å². The highest BCUT2D eigenvalue weighted by Crippen LogP contribution is 2.31. The van der Waals surface area contributed by atoms with Gasteiger partial charge in [-0.2, -0.15) is 0 Å². The van der Waals surface area contributed by atoms with Gasteiger partial charge in [-0.05, 0) is 45.0 Å². The third kappa shape index (κ3) is 2.30. The summed E-state index contributed by atoms with van der Waals surface area (Å²) in [5.74, 6) is 0. The summed E-state index contributed by atoms with van der Waals surface area (Å²) < 4.78 is 25.6. The van der Waals surface area contributed by atoms with Crippen LogP contribution in [0.25, 0.3) is 0 Å². The minimum absolute atomic E-state index is 0.207. The second-order valence-electron chi connectivity index (χ2n) is 4.61. The molecule has 5 nitrogen and oxygen atoms in total. The van der Waals surface area contributed by atoms with Gasteiger partial charge in [0, 0.05) is 12.6 Å². The first kappa shape index (κ1) is 13.2. The van der Waals surface area contributed by atoms with Gasteiger partial charge in [-0.25, -0.2) is 13.1 Å². The molecule has 1 fully saturated rings. The number of nitrogens with one attached hydrogen (secondary N) is 1. The molecule has 0 bridgehead atoms. The molecule has 0 amide bonds. The molecule has 1 atom stereocenters. The lowest BCUT2D eigenvalue weighted by Crippen LogP contribution is -2.27. The molecule has 0 saturated carbocycles. The molecular formula is C12H19N3O2S. The Morgan fingerprint density at radius 2 is 2.17 bits per heavy atom. The first-order valence-electron chi connectivity index (χ1n) is 6.05. The summed E-state index contributed by atoms with van der Waals surface area (Å²) in [6, 6.07) is 5.37. The second kappa shape index (κ2) is 4.78. The van der Waals surface area contributed by atoms with Crippen LogP contribution in [0.5, 0.6) is 0 Å². The van der Waals surface area contributed by atoms with E-state index < -0.39 is 10.0 Å². The van der Waals surface area contributed by atoms with Crippen molar-refractivity contribution in [2.24, 2.45) is 0 Å². The Kier molecular flexibility index (Phi) is 3.49. The maximum Gasteiger partial charge on any atom is 0.240 e. The van der Waals surface area contributed by atoms with E-state index >= 15 is 0 Å². The largest absolute Gasteiger partial charge is 0.397 e. The number of nitrogen functional groups attached to an aromatic ring is 1. The molecule has 1 heterocycles. The van der Waals surface area contributed by atoms with Gasteiger partial charge in [-0.1, -0.05) is 0 Å². The van der Waals surface area contributed by atoms with Crippen molar-refractivity contribution in [3.05, 3.63) is 18.2 Å². The van der Waals surface area contributed by atoms with Crippen LogP contribution in [-0.4, -0.2) is 28.1 Å². The molecule has 0 radical (unpaired) electrons. The fourth-order valence-corrected chi connectivity index (χ4v) is 3.14. The topological polar surface area (TPSA) is 75.4 Å². The summed E-state index contributed by atoms with van der Waals surface area (Å²) in [5, 5.41) is 0. The van der Waals surface area contributed by atoms with E-state index in [-0.39, 0.29) is 4.90 Å². The van der Waals surface area contributed by atoms with Crippen LogP contribution < -0.4 is 15.4 Å². The third-order valence-electron chi connectivity index (χ3n) is 3.44. The molecule has 1 aliphatic heterocycles. The van der Waals surface area contributed by atoms with Crippen LogP contribution in [0.15, 0.2) is 23.1 Å². The Balaban J connectivity index is 2.37. The highest BCUT2D eigenvalue weighted by atomic mass is 32.2. The van der Waals surface area contributed by atoms with Crippen molar-refractivity contribution in [2.75, 3.05) is 24.2 Å². The van der Waals surface area contributed by atoms with E-state index in [2.05, 4.69) is 16.5 Å². The van der Waals surface area contributed by atoms with Gasteiger partial charge in [0.2, 0.25) is 10.0 Å². The van der Waals surface area contributed by atoms with E-state index in [0.717, 1.165) is 25.1 Å². The van der Waals surface area contributed by atoms with Crippen molar-refractivity contribution in [3.8, 4) is 0 Å². The summed E-state index contributed by atoms with van der Waals surface area (Å²) >= 11 is 0. The minimum atomic E-state index is -3.42. The summed E-state index contributed by atoms with van der Waals surface area (Å²) in [4.78, 5) is 2.43. The van der Waals surface area contributed by atoms with Gasteiger partial charge in [-0.15, -0.1) is 0 Å². The van der Waals surface area contributed by atoms with Crippen LogP contribution in [0, 0.1) is 0 Å². The van der Waals surface area contributed by atoms with Crippen LogP contribution in [0.1, 0.15) is 19.8 Å². The molecule has 1 saturated heterocycles. The fourth-order valence-electron chi connectivity index (χ4n) is 2.37. The number of anilines is 2. The smallest absolute Gasteiger partial charge is 0.240 e. The van der Waals surface area contributed by atoms with Crippen LogP contribution in [0.3, 0.4) is 0 Å². The number of nitrogens with zero attached hydrogens (tertiary/aromatic N) is 1. The molecule has 0 aliphatic carbocycles. The zero-order valence-corrected chi connectivity index (χ0v) is 11.5. The Morgan fingerprint density at radius 1 is 1.44 bits per heavy atom. The van der Waals surface area contributed by atoms with Crippen LogP contribution in [-0.2, 0) is 10.0 Å².